The van der Waals surface area contributed by atoms with Gasteiger partial charge >= 0.3 is 0 Å². The summed E-state index contributed by atoms with van der Waals surface area (Å²) in [6.45, 7) is 0.950. The molecular formula is C18H19NO3. The molecule has 1 unspecified atom stereocenters. The molecule has 114 valence electrons. The van der Waals surface area contributed by atoms with Gasteiger partial charge in [-0.1, -0.05) is 18.2 Å². The molecule has 1 saturated heterocycles. The van der Waals surface area contributed by atoms with Gasteiger partial charge in [0.2, 0.25) is 0 Å². The highest BCUT2D eigenvalue weighted by molar-refractivity contribution is 5.98. The van der Waals surface area contributed by atoms with Gasteiger partial charge in [0.25, 0.3) is 0 Å². The zero-order valence-corrected chi connectivity index (χ0v) is 12.6. The Morgan fingerprint density at radius 3 is 3.14 bits per heavy atom. The summed E-state index contributed by atoms with van der Waals surface area (Å²) in [6, 6.07) is 4.52. The number of benzene rings is 1. The molecule has 0 amide bonds. The molecular weight excluding hydrogens is 278 g/mol. The lowest BCUT2D eigenvalue weighted by molar-refractivity contribution is -0.127. The lowest BCUT2D eigenvalue weighted by Gasteiger charge is -2.55. The van der Waals surface area contributed by atoms with E-state index < -0.39 is 6.10 Å². The van der Waals surface area contributed by atoms with Crippen LogP contribution in [-0.4, -0.2) is 41.5 Å². The number of carbonyl (C=O) groups excluding carboxylic acids is 1. The fraction of sp³-hybridized carbons (Fsp3) is 0.500. The van der Waals surface area contributed by atoms with Crippen LogP contribution in [0.1, 0.15) is 23.1 Å². The van der Waals surface area contributed by atoms with E-state index in [2.05, 4.69) is 24.1 Å². The van der Waals surface area contributed by atoms with E-state index in [9.17, 15) is 9.90 Å². The van der Waals surface area contributed by atoms with Gasteiger partial charge in [-0.05, 0) is 38.1 Å². The maximum Gasteiger partial charge on any atom is 0.196 e. The minimum atomic E-state index is -0.402. The minimum absolute atomic E-state index is 0.0406. The summed E-state index contributed by atoms with van der Waals surface area (Å²) < 4.78 is 6.17. The van der Waals surface area contributed by atoms with Crippen LogP contribution < -0.4 is 4.74 Å². The van der Waals surface area contributed by atoms with Crippen LogP contribution in [-0.2, 0) is 23.2 Å². The number of nitrogens with zero attached hydrogens (tertiary/aromatic N) is 1. The van der Waals surface area contributed by atoms with Crippen LogP contribution in [0.4, 0.5) is 0 Å². The molecule has 0 aromatic heterocycles. The molecule has 4 atom stereocenters. The van der Waals surface area contributed by atoms with Crippen molar-refractivity contribution in [3.63, 3.8) is 0 Å². The van der Waals surface area contributed by atoms with Crippen LogP contribution in [0.5, 0.6) is 5.75 Å². The number of rotatable bonds is 1. The van der Waals surface area contributed by atoms with Crippen molar-refractivity contribution in [1.82, 2.24) is 4.90 Å². The topological polar surface area (TPSA) is 49.8 Å². The Hall–Kier alpha value is -1.65. The fourth-order valence-corrected chi connectivity index (χ4v) is 5.27. The van der Waals surface area contributed by atoms with E-state index in [1.165, 1.54) is 11.1 Å². The number of aliphatic hydroxyl groups excluding tert-OH is 1. The molecule has 2 heterocycles. The Kier molecular flexibility index (Phi) is 2.34. The predicted octanol–water partition coefficient (Wildman–Crippen LogP) is 1.19. The van der Waals surface area contributed by atoms with Crippen molar-refractivity contribution in [3.8, 4) is 5.75 Å². The van der Waals surface area contributed by atoms with E-state index in [0.717, 1.165) is 30.7 Å². The van der Waals surface area contributed by atoms with E-state index >= 15 is 0 Å². The highest BCUT2D eigenvalue weighted by atomic mass is 16.5. The van der Waals surface area contributed by atoms with Gasteiger partial charge in [-0.15, -0.1) is 0 Å². The second-order valence-corrected chi connectivity index (χ2v) is 7.07. The SMILES string of the molecule is CN1CC[C@]23c4c5ccc(CO)c4O[C@H]2C(=O)C=C[C@H]3C1C5. The molecule has 2 aliphatic heterocycles. The quantitative estimate of drug-likeness (QED) is 0.846. The van der Waals surface area contributed by atoms with Gasteiger partial charge < -0.3 is 14.7 Å². The Morgan fingerprint density at radius 2 is 2.32 bits per heavy atom. The summed E-state index contributed by atoms with van der Waals surface area (Å²) in [5, 5.41) is 9.65. The first-order valence-electron chi connectivity index (χ1n) is 8.02. The zero-order chi connectivity index (χ0) is 15.1. The first-order valence-corrected chi connectivity index (χ1v) is 8.02. The first kappa shape index (κ1) is 12.9. The number of ether oxygens (including phenoxy) is 1. The predicted molar refractivity (Wildman–Crippen MR) is 80.8 cm³/mol. The standard InChI is InChI=1S/C18H19NO3/c1-19-7-6-18-12-4-5-14(21)17(18)22-16-11(9-20)3-2-10(15(16)18)8-13(12)19/h2-5,12-13,17,20H,6-9H2,1H3/t12-,13?,17-,18-/m0/s1. The highest BCUT2D eigenvalue weighted by Crippen LogP contribution is 2.60. The Bertz CT molecular complexity index is 725. The van der Waals surface area contributed by atoms with Crippen LogP contribution in [0.2, 0.25) is 0 Å². The number of aliphatic hydroxyl groups is 1. The number of carbonyl (C=O) groups is 1. The molecule has 4 nitrogen and oxygen atoms in total. The summed E-state index contributed by atoms with van der Waals surface area (Å²) in [5.74, 6) is 1.19. The van der Waals surface area contributed by atoms with Crippen LogP contribution in [0.15, 0.2) is 24.3 Å². The van der Waals surface area contributed by atoms with Gasteiger partial charge in [-0.3, -0.25) is 4.79 Å². The molecule has 0 saturated carbocycles. The molecule has 1 N–H and O–H groups in total. The third-order valence-corrected chi connectivity index (χ3v) is 6.27. The van der Waals surface area contributed by atoms with Gasteiger partial charge in [-0.2, -0.15) is 0 Å². The maximum atomic E-state index is 12.5. The van der Waals surface area contributed by atoms with Crippen molar-refractivity contribution in [2.75, 3.05) is 13.6 Å². The second kappa shape index (κ2) is 4.00. The lowest BCUT2D eigenvalue weighted by Crippen LogP contribution is -2.64. The zero-order valence-electron chi connectivity index (χ0n) is 12.6. The first-order chi connectivity index (χ1) is 10.7. The number of likely N-dealkylation sites (tertiary alicyclic amines) is 1. The van der Waals surface area contributed by atoms with Gasteiger partial charge in [0.1, 0.15) is 5.75 Å². The smallest absolute Gasteiger partial charge is 0.196 e. The molecule has 22 heavy (non-hydrogen) atoms. The third kappa shape index (κ3) is 1.25. The molecule has 1 spiro atoms. The van der Waals surface area contributed by atoms with Crippen LogP contribution in [0, 0.1) is 5.92 Å². The summed E-state index contributed by atoms with van der Waals surface area (Å²) in [4.78, 5) is 14.9. The maximum absolute atomic E-state index is 12.5. The van der Waals surface area contributed by atoms with Crippen LogP contribution in [0.3, 0.4) is 0 Å². The Morgan fingerprint density at radius 1 is 1.45 bits per heavy atom. The normalized spacial score (nSPS) is 37.9. The number of hydrogen-bond acceptors (Lipinski definition) is 4. The average molecular weight is 297 g/mol. The number of ketones is 1. The molecule has 4 heteroatoms. The number of hydrogen-bond donors (Lipinski definition) is 1. The summed E-state index contributed by atoms with van der Waals surface area (Å²) in [7, 11) is 2.18. The van der Waals surface area contributed by atoms with Crippen molar-refractivity contribution in [1.29, 1.82) is 0 Å². The van der Waals surface area contributed by atoms with Gasteiger partial charge in [-0.25, -0.2) is 0 Å². The van der Waals surface area contributed by atoms with E-state index in [1.807, 2.05) is 6.07 Å². The van der Waals surface area contributed by atoms with Crippen LogP contribution in [0.25, 0.3) is 0 Å². The fourth-order valence-electron chi connectivity index (χ4n) is 5.27. The van der Waals surface area contributed by atoms with Gasteiger partial charge in [0, 0.05) is 23.1 Å². The van der Waals surface area contributed by atoms with E-state index in [-0.39, 0.29) is 17.8 Å². The Balaban J connectivity index is 1.84. The monoisotopic (exact) mass is 297 g/mol. The van der Waals surface area contributed by atoms with Crippen molar-refractivity contribution in [2.45, 2.75) is 37.0 Å². The molecule has 1 aromatic carbocycles. The molecule has 2 aliphatic carbocycles. The van der Waals surface area contributed by atoms with E-state index in [4.69, 9.17) is 4.74 Å². The summed E-state index contributed by atoms with van der Waals surface area (Å²) in [5.41, 5.74) is 3.12. The molecule has 2 bridgehead atoms. The summed E-state index contributed by atoms with van der Waals surface area (Å²) in [6.07, 6.45) is 5.37. The molecule has 4 aliphatic rings. The minimum Gasteiger partial charge on any atom is -0.481 e. The molecule has 1 aromatic rings. The molecule has 1 fully saturated rings. The van der Waals surface area contributed by atoms with Crippen molar-refractivity contribution in [3.05, 3.63) is 41.0 Å². The van der Waals surface area contributed by atoms with E-state index in [0.29, 0.717) is 12.0 Å². The lowest BCUT2D eigenvalue weighted by atomic mass is 9.53. The van der Waals surface area contributed by atoms with Crippen LogP contribution >= 0.6 is 0 Å². The third-order valence-electron chi connectivity index (χ3n) is 6.27. The average Bonchev–Trinajstić information content (AvgIpc) is 2.88. The molecule has 5 rings (SSSR count). The van der Waals surface area contributed by atoms with Crippen molar-refractivity contribution >= 4 is 5.78 Å². The second-order valence-electron chi connectivity index (χ2n) is 7.07. The number of piperidine rings is 1. The van der Waals surface area contributed by atoms with E-state index in [1.54, 1.807) is 6.08 Å². The number of likely N-dealkylation sites (N-methyl/N-ethyl adjacent to an activating group) is 1. The van der Waals surface area contributed by atoms with Crippen molar-refractivity contribution in [2.24, 2.45) is 5.92 Å². The van der Waals surface area contributed by atoms with Gasteiger partial charge in [0.05, 0.1) is 12.0 Å². The van der Waals surface area contributed by atoms with Gasteiger partial charge in [0.15, 0.2) is 11.9 Å². The molecule has 0 radical (unpaired) electrons. The highest BCUT2D eigenvalue weighted by Gasteiger charge is 2.64. The summed E-state index contributed by atoms with van der Waals surface area (Å²) >= 11 is 0. The largest absolute Gasteiger partial charge is 0.481 e. The Labute approximate surface area is 129 Å². The van der Waals surface area contributed by atoms with Crippen molar-refractivity contribution < 1.29 is 14.6 Å².